The van der Waals surface area contributed by atoms with Crippen molar-refractivity contribution in [3.05, 3.63) is 0 Å². The fourth-order valence-corrected chi connectivity index (χ4v) is 4.51. The Balaban J connectivity index is 1.53. The zero-order valence-corrected chi connectivity index (χ0v) is 12.9. The van der Waals surface area contributed by atoms with Crippen LogP contribution in [0.5, 0.6) is 0 Å². The topological polar surface area (TPSA) is 18.5 Å². The standard InChI is InChI=1S/C15H27N3S/c1-17-9-4-5-12-11-18(10-8-14(12)17)15(19)16-13-6-2-3-7-13/h12-14H,2-11H2,1H3,(H,16,19). The third-order valence-corrected chi connectivity index (χ3v) is 5.69. The van der Waals surface area contributed by atoms with Gasteiger partial charge in [-0.1, -0.05) is 12.8 Å². The summed E-state index contributed by atoms with van der Waals surface area (Å²) in [7, 11) is 2.29. The van der Waals surface area contributed by atoms with Crippen molar-refractivity contribution in [2.24, 2.45) is 5.92 Å². The average molecular weight is 281 g/mol. The summed E-state index contributed by atoms with van der Waals surface area (Å²) in [6, 6.07) is 1.46. The van der Waals surface area contributed by atoms with Crippen molar-refractivity contribution >= 4 is 17.3 Å². The van der Waals surface area contributed by atoms with Gasteiger partial charge in [0.2, 0.25) is 0 Å². The van der Waals surface area contributed by atoms with E-state index in [1.165, 1.54) is 58.0 Å². The quantitative estimate of drug-likeness (QED) is 0.743. The second-order valence-corrected chi connectivity index (χ2v) is 7.00. The lowest BCUT2D eigenvalue weighted by Gasteiger charge is -2.46. The summed E-state index contributed by atoms with van der Waals surface area (Å²) in [5, 5.41) is 4.63. The van der Waals surface area contributed by atoms with Crippen molar-refractivity contribution in [2.75, 3.05) is 26.7 Å². The van der Waals surface area contributed by atoms with E-state index < -0.39 is 0 Å². The lowest BCUT2D eigenvalue weighted by molar-refractivity contribution is 0.0627. The van der Waals surface area contributed by atoms with Gasteiger partial charge in [-0.05, 0) is 63.8 Å². The van der Waals surface area contributed by atoms with Gasteiger partial charge in [0.15, 0.2) is 5.11 Å². The van der Waals surface area contributed by atoms with E-state index >= 15 is 0 Å². The van der Waals surface area contributed by atoms with Gasteiger partial charge in [-0.15, -0.1) is 0 Å². The van der Waals surface area contributed by atoms with Crippen LogP contribution in [-0.2, 0) is 0 Å². The Morgan fingerprint density at radius 3 is 2.63 bits per heavy atom. The van der Waals surface area contributed by atoms with Gasteiger partial charge in [-0.3, -0.25) is 0 Å². The number of likely N-dealkylation sites (tertiary alicyclic amines) is 2. The minimum atomic E-state index is 0.652. The Bertz CT molecular complexity index is 327. The molecule has 19 heavy (non-hydrogen) atoms. The molecule has 2 unspecified atom stereocenters. The summed E-state index contributed by atoms with van der Waals surface area (Å²) in [6.07, 6.45) is 9.39. The number of fused-ring (bicyclic) bond motifs is 1. The molecule has 0 amide bonds. The molecule has 2 aliphatic heterocycles. The summed E-state index contributed by atoms with van der Waals surface area (Å²) < 4.78 is 0. The number of rotatable bonds is 1. The van der Waals surface area contributed by atoms with Crippen molar-refractivity contribution < 1.29 is 0 Å². The van der Waals surface area contributed by atoms with Crippen molar-refractivity contribution in [3.8, 4) is 0 Å². The molecule has 4 heteroatoms. The van der Waals surface area contributed by atoms with Crippen LogP contribution in [0.4, 0.5) is 0 Å². The van der Waals surface area contributed by atoms with Crippen LogP contribution in [0.1, 0.15) is 44.9 Å². The highest BCUT2D eigenvalue weighted by atomic mass is 32.1. The highest BCUT2D eigenvalue weighted by molar-refractivity contribution is 7.80. The maximum Gasteiger partial charge on any atom is 0.169 e. The summed E-state index contributed by atoms with van der Waals surface area (Å²) in [5.74, 6) is 0.829. The van der Waals surface area contributed by atoms with E-state index in [1.807, 2.05) is 0 Å². The van der Waals surface area contributed by atoms with Crippen LogP contribution in [0.15, 0.2) is 0 Å². The van der Waals surface area contributed by atoms with E-state index in [-0.39, 0.29) is 0 Å². The second kappa shape index (κ2) is 5.96. The van der Waals surface area contributed by atoms with Crippen molar-refractivity contribution in [1.82, 2.24) is 15.1 Å². The Morgan fingerprint density at radius 1 is 1.05 bits per heavy atom. The van der Waals surface area contributed by atoms with Crippen LogP contribution in [0.25, 0.3) is 0 Å². The Labute approximate surface area is 122 Å². The van der Waals surface area contributed by atoms with Crippen LogP contribution in [0, 0.1) is 5.92 Å². The zero-order chi connectivity index (χ0) is 13.2. The normalized spacial score (nSPS) is 33.2. The number of hydrogen-bond donors (Lipinski definition) is 1. The molecule has 1 saturated carbocycles. The smallest absolute Gasteiger partial charge is 0.169 e. The predicted octanol–water partition coefficient (Wildman–Crippen LogP) is 2.22. The first-order valence-corrected chi connectivity index (χ1v) is 8.40. The van der Waals surface area contributed by atoms with E-state index in [9.17, 15) is 0 Å². The highest BCUT2D eigenvalue weighted by Crippen LogP contribution is 2.29. The summed E-state index contributed by atoms with van der Waals surface area (Å²) >= 11 is 5.63. The van der Waals surface area contributed by atoms with E-state index in [0.29, 0.717) is 6.04 Å². The molecule has 0 bridgehead atoms. The number of piperidine rings is 2. The van der Waals surface area contributed by atoms with E-state index in [4.69, 9.17) is 12.2 Å². The van der Waals surface area contributed by atoms with Crippen LogP contribution in [0.3, 0.4) is 0 Å². The molecule has 0 aromatic rings. The van der Waals surface area contributed by atoms with E-state index in [2.05, 4.69) is 22.2 Å². The fraction of sp³-hybridized carbons (Fsp3) is 0.933. The molecule has 3 rings (SSSR count). The number of hydrogen-bond acceptors (Lipinski definition) is 2. The maximum atomic E-state index is 5.63. The third-order valence-electron chi connectivity index (χ3n) is 5.32. The lowest BCUT2D eigenvalue weighted by atomic mass is 9.84. The van der Waals surface area contributed by atoms with Gasteiger partial charge in [0, 0.05) is 25.2 Å². The first-order valence-electron chi connectivity index (χ1n) is 8.00. The summed E-state index contributed by atoms with van der Waals surface area (Å²) in [6.45, 7) is 3.60. The Morgan fingerprint density at radius 2 is 1.84 bits per heavy atom. The first kappa shape index (κ1) is 13.6. The zero-order valence-electron chi connectivity index (χ0n) is 12.1. The largest absolute Gasteiger partial charge is 0.360 e. The Hall–Kier alpha value is -0.350. The lowest BCUT2D eigenvalue weighted by Crippen LogP contribution is -2.56. The van der Waals surface area contributed by atoms with Gasteiger partial charge in [0.1, 0.15) is 0 Å². The van der Waals surface area contributed by atoms with Gasteiger partial charge in [0.25, 0.3) is 0 Å². The van der Waals surface area contributed by atoms with Crippen molar-refractivity contribution in [2.45, 2.75) is 57.0 Å². The van der Waals surface area contributed by atoms with Gasteiger partial charge in [0.05, 0.1) is 0 Å². The molecule has 3 aliphatic rings. The minimum absolute atomic E-state index is 0.652. The molecule has 0 aromatic carbocycles. The van der Waals surface area contributed by atoms with Gasteiger partial charge in [-0.25, -0.2) is 0 Å². The highest BCUT2D eigenvalue weighted by Gasteiger charge is 2.35. The van der Waals surface area contributed by atoms with Crippen LogP contribution < -0.4 is 5.32 Å². The molecule has 2 atom stereocenters. The molecule has 1 aliphatic carbocycles. The van der Waals surface area contributed by atoms with Crippen LogP contribution in [0.2, 0.25) is 0 Å². The maximum absolute atomic E-state index is 5.63. The monoisotopic (exact) mass is 281 g/mol. The Kier molecular flexibility index (Phi) is 4.27. The molecule has 108 valence electrons. The molecule has 0 radical (unpaired) electrons. The first-order chi connectivity index (χ1) is 9.24. The minimum Gasteiger partial charge on any atom is -0.360 e. The average Bonchev–Trinajstić information content (AvgIpc) is 2.91. The van der Waals surface area contributed by atoms with Gasteiger partial charge >= 0.3 is 0 Å². The van der Waals surface area contributed by atoms with Gasteiger partial charge < -0.3 is 15.1 Å². The second-order valence-electron chi connectivity index (χ2n) is 6.62. The molecule has 2 heterocycles. The molecule has 2 saturated heterocycles. The van der Waals surface area contributed by atoms with Crippen molar-refractivity contribution in [3.63, 3.8) is 0 Å². The van der Waals surface area contributed by atoms with Crippen molar-refractivity contribution in [1.29, 1.82) is 0 Å². The molecule has 0 spiro atoms. The molecule has 3 nitrogen and oxygen atoms in total. The molecular weight excluding hydrogens is 254 g/mol. The summed E-state index contributed by atoms with van der Waals surface area (Å²) in [5.41, 5.74) is 0. The SMILES string of the molecule is CN1CCCC2CN(C(=S)NC3CCCC3)CCC21. The number of nitrogens with zero attached hydrogens (tertiary/aromatic N) is 2. The molecule has 0 aromatic heterocycles. The van der Waals surface area contributed by atoms with E-state index in [0.717, 1.165) is 23.6 Å². The van der Waals surface area contributed by atoms with Crippen LogP contribution >= 0.6 is 12.2 Å². The van der Waals surface area contributed by atoms with Gasteiger partial charge in [-0.2, -0.15) is 0 Å². The molecule has 1 N–H and O–H groups in total. The summed E-state index contributed by atoms with van der Waals surface area (Å²) in [4.78, 5) is 5.01. The molecular formula is C15H27N3S. The van der Waals surface area contributed by atoms with E-state index in [1.54, 1.807) is 0 Å². The number of nitrogens with one attached hydrogen (secondary N) is 1. The number of thiocarbonyl (C=S) groups is 1. The third kappa shape index (κ3) is 3.05. The predicted molar refractivity (Wildman–Crippen MR) is 83.3 cm³/mol. The molecule has 3 fully saturated rings. The fourth-order valence-electron chi connectivity index (χ4n) is 4.17. The van der Waals surface area contributed by atoms with Crippen LogP contribution in [-0.4, -0.2) is 53.7 Å².